The van der Waals surface area contributed by atoms with Crippen LogP contribution in [0.15, 0.2) is 0 Å². The molecular formula is C30H56. The van der Waals surface area contributed by atoms with E-state index >= 15 is 0 Å². The quantitative estimate of drug-likeness (QED) is 0.122. The summed E-state index contributed by atoms with van der Waals surface area (Å²) in [5.41, 5.74) is 0. The summed E-state index contributed by atoms with van der Waals surface area (Å²) >= 11 is 0. The van der Waals surface area contributed by atoms with E-state index in [9.17, 15) is 0 Å². The van der Waals surface area contributed by atoms with Gasteiger partial charge in [0.25, 0.3) is 0 Å². The van der Waals surface area contributed by atoms with Crippen molar-refractivity contribution in [2.24, 2.45) is 11.8 Å². The SMILES string of the molecule is [CH2]CC#CCCCCCC(C)CCCCCCCCCCCC(C)CCCCC[CH2]. The van der Waals surface area contributed by atoms with Crippen LogP contribution in [0.1, 0.15) is 155 Å². The monoisotopic (exact) mass is 416 g/mol. The maximum atomic E-state index is 3.93. The Hall–Kier alpha value is -0.440. The summed E-state index contributed by atoms with van der Waals surface area (Å²) in [6, 6.07) is 0. The molecule has 0 amide bonds. The third kappa shape index (κ3) is 23.8. The summed E-state index contributed by atoms with van der Waals surface area (Å²) in [7, 11) is 0. The molecule has 30 heavy (non-hydrogen) atoms. The van der Waals surface area contributed by atoms with Gasteiger partial charge in [-0.1, -0.05) is 143 Å². The van der Waals surface area contributed by atoms with Gasteiger partial charge in [0.2, 0.25) is 0 Å². The Bertz CT molecular complexity index is 371. The van der Waals surface area contributed by atoms with Gasteiger partial charge in [0.05, 0.1) is 0 Å². The van der Waals surface area contributed by atoms with Gasteiger partial charge in [-0.05, 0) is 25.2 Å². The van der Waals surface area contributed by atoms with Crippen molar-refractivity contribution in [3.05, 3.63) is 13.8 Å². The second-order valence-electron chi connectivity index (χ2n) is 9.88. The van der Waals surface area contributed by atoms with Crippen LogP contribution in [0.5, 0.6) is 0 Å². The molecule has 0 aliphatic heterocycles. The van der Waals surface area contributed by atoms with E-state index in [0.29, 0.717) is 0 Å². The summed E-state index contributed by atoms with van der Waals surface area (Å²) in [5, 5.41) is 0. The predicted octanol–water partition coefficient (Wildman–Crippen LogP) is 10.5. The van der Waals surface area contributed by atoms with Crippen molar-refractivity contribution in [1.29, 1.82) is 0 Å². The van der Waals surface area contributed by atoms with Gasteiger partial charge in [-0.25, -0.2) is 0 Å². The first-order valence-corrected chi connectivity index (χ1v) is 13.7. The van der Waals surface area contributed by atoms with Crippen LogP contribution in [0, 0.1) is 37.5 Å². The smallest absolute Gasteiger partial charge is 0.00890 e. The van der Waals surface area contributed by atoms with Gasteiger partial charge in [-0.2, -0.15) is 0 Å². The molecular weight excluding hydrogens is 360 g/mol. The van der Waals surface area contributed by atoms with Crippen molar-refractivity contribution in [2.45, 2.75) is 155 Å². The van der Waals surface area contributed by atoms with E-state index in [-0.39, 0.29) is 0 Å². The standard InChI is InChI=1S/C30H56/c1-5-7-9-11-15-18-22-27-30(4)28-24-20-17-14-12-13-16-19-23-26-29(3)25-21-10-8-6-2/h29-30H,1-2,5-6,8,10-28H2,3-4H3. The zero-order chi connectivity index (χ0) is 22.1. The first-order chi connectivity index (χ1) is 14.7. The summed E-state index contributed by atoms with van der Waals surface area (Å²) in [4.78, 5) is 0. The van der Waals surface area contributed by atoms with Crippen LogP contribution in [-0.2, 0) is 0 Å². The summed E-state index contributed by atoms with van der Waals surface area (Å²) in [5.74, 6) is 8.11. The Balaban J connectivity index is 3.23. The first-order valence-electron chi connectivity index (χ1n) is 13.7. The lowest BCUT2D eigenvalue weighted by Gasteiger charge is -2.11. The normalized spacial score (nSPS) is 13.1. The highest BCUT2D eigenvalue weighted by molar-refractivity contribution is 4.98. The molecule has 176 valence electrons. The van der Waals surface area contributed by atoms with E-state index in [1.165, 1.54) is 122 Å². The fraction of sp³-hybridized carbons (Fsp3) is 0.867. The van der Waals surface area contributed by atoms with Gasteiger partial charge in [0, 0.05) is 12.8 Å². The molecule has 0 heteroatoms. The first kappa shape index (κ1) is 29.6. The highest BCUT2D eigenvalue weighted by Gasteiger charge is 2.03. The lowest BCUT2D eigenvalue weighted by atomic mass is 9.95. The molecule has 0 aliphatic rings. The molecule has 2 atom stereocenters. The largest absolute Gasteiger partial charge is 0.103 e. The molecule has 2 radical (unpaired) electrons. The summed E-state index contributed by atoms with van der Waals surface area (Å²) < 4.78 is 0. The second-order valence-corrected chi connectivity index (χ2v) is 9.88. The van der Waals surface area contributed by atoms with Gasteiger partial charge in [-0.3, -0.25) is 0 Å². The maximum Gasteiger partial charge on any atom is 0.00890 e. The molecule has 0 aromatic carbocycles. The van der Waals surface area contributed by atoms with E-state index < -0.39 is 0 Å². The van der Waals surface area contributed by atoms with Crippen molar-refractivity contribution in [3.8, 4) is 11.8 Å². The third-order valence-corrected chi connectivity index (χ3v) is 6.59. The Morgan fingerprint density at radius 1 is 0.467 bits per heavy atom. The van der Waals surface area contributed by atoms with Crippen LogP contribution in [-0.4, -0.2) is 0 Å². The second kappa shape index (κ2) is 24.8. The Morgan fingerprint density at radius 2 is 0.833 bits per heavy atom. The van der Waals surface area contributed by atoms with Crippen LogP contribution >= 0.6 is 0 Å². The minimum Gasteiger partial charge on any atom is -0.103 e. The molecule has 0 aromatic rings. The molecule has 0 aromatic heterocycles. The van der Waals surface area contributed by atoms with Gasteiger partial charge in [-0.15, -0.1) is 11.8 Å². The van der Waals surface area contributed by atoms with E-state index in [1.807, 2.05) is 0 Å². The van der Waals surface area contributed by atoms with Crippen molar-refractivity contribution >= 4 is 0 Å². The van der Waals surface area contributed by atoms with Crippen LogP contribution in [0.2, 0.25) is 0 Å². The van der Waals surface area contributed by atoms with Gasteiger partial charge in [0.15, 0.2) is 0 Å². The van der Waals surface area contributed by atoms with E-state index in [4.69, 9.17) is 0 Å². The fourth-order valence-corrected chi connectivity index (χ4v) is 4.42. The van der Waals surface area contributed by atoms with Crippen molar-refractivity contribution in [2.75, 3.05) is 0 Å². The molecule has 0 aliphatic carbocycles. The fourth-order valence-electron chi connectivity index (χ4n) is 4.42. The number of rotatable bonds is 22. The molecule has 0 rings (SSSR count). The molecule has 0 N–H and O–H groups in total. The lowest BCUT2D eigenvalue weighted by Crippen LogP contribution is -1.95. The third-order valence-electron chi connectivity index (χ3n) is 6.59. The maximum absolute atomic E-state index is 3.93. The van der Waals surface area contributed by atoms with E-state index in [0.717, 1.165) is 31.1 Å². The number of hydrogen-bond acceptors (Lipinski definition) is 0. The number of unbranched alkanes of at least 4 members (excludes halogenated alkanes) is 14. The zero-order valence-electron chi connectivity index (χ0n) is 21.1. The molecule has 0 saturated carbocycles. The molecule has 0 saturated heterocycles. The van der Waals surface area contributed by atoms with Crippen molar-refractivity contribution < 1.29 is 0 Å². The van der Waals surface area contributed by atoms with Crippen LogP contribution in [0.25, 0.3) is 0 Å². The average Bonchev–Trinajstić information content (AvgIpc) is 2.74. The summed E-state index contributed by atoms with van der Waals surface area (Å²) in [6.45, 7) is 12.6. The Morgan fingerprint density at radius 3 is 1.23 bits per heavy atom. The Labute approximate surface area is 192 Å². The highest BCUT2D eigenvalue weighted by atomic mass is 14.1. The molecule has 0 fully saturated rings. The topological polar surface area (TPSA) is 0 Å². The number of hydrogen-bond donors (Lipinski definition) is 0. The highest BCUT2D eigenvalue weighted by Crippen LogP contribution is 2.20. The molecule has 0 bridgehead atoms. The van der Waals surface area contributed by atoms with Gasteiger partial charge < -0.3 is 0 Å². The molecule has 2 unspecified atom stereocenters. The molecule has 0 spiro atoms. The summed E-state index contributed by atoms with van der Waals surface area (Å²) in [6.07, 6.45) is 30.0. The van der Waals surface area contributed by atoms with Gasteiger partial charge in [0.1, 0.15) is 0 Å². The van der Waals surface area contributed by atoms with Gasteiger partial charge >= 0.3 is 0 Å². The van der Waals surface area contributed by atoms with E-state index in [2.05, 4.69) is 39.5 Å². The zero-order valence-corrected chi connectivity index (χ0v) is 21.1. The van der Waals surface area contributed by atoms with Crippen LogP contribution < -0.4 is 0 Å². The van der Waals surface area contributed by atoms with Crippen LogP contribution in [0.4, 0.5) is 0 Å². The molecule has 0 nitrogen and oxygen atoms in total. The van der Waals surface area contributed by atoms with Crippen molar-refractivity contribution in [3.63, 3.8) is 0 Å². The van der Waals surface area contributed by atoms with Crippen LogP contribution in [0.3, 0.4) is 0 Å². The predicted molar refractivity (Wildman–Crippen MR) is 138 cm³/mol. The van der Waals surface area contributed by atoms with E-state index in [1.54, 1.807) is 0 Å². The minimum atomic E-state index is 0.758. The lowest BCUT2D eigenvalue weighted by molar-refractivity contribution is 0.428. The van der Waals surface area contributed by atoms with Crippen molar-refractivity contribution in [1.82, 2.24) is 0 Å². The minimum absolute atomic E-state index is 0.758. The Kier molecular flexibility index (Phi) is 24.5. The average molecular weight is 417 g/mol. The molecule has 0 heterocycles.